The van der Waals surface area contributed by atoms with Crippen LogP contribution in [-0.4, -0.2) is 35.8 Å². The first-order chi connectivity index (χ1) is 15.3. The van der Waals surface area contributed by atoms with Gasteiger partial charge in [-0.05, 0) is 35.9 Å². The molecule has 11 heteroatoms. The minimum atomic E-state index is -4.63. The van der Waals surface area contributed by atoms with Gasteiger partial charge in [0.15, 0.2) is 22.4 Å². The van der Waals surface area contributed by atoms with Crippen LogP contribution in [0.3, 0.4) is 0 Å². The summed E-state index contributed by atoms with van der Waals surface area (Å²) in [6.45, 7) is 0.270. The lowest BCUT2D eigenvalue weighted by atomic mass is 10.2. The second-order valence-corrected chi connectivity index (χ2v) is 7.52. The van der Waals surface area contributed by atoms with E-state index in [2.05, 4.69) is 15.3 Å². The number of rotatable bonds is 9. The van der Waals surface area contributed by atoms with Crippen LogP contribution in [-0.2, 0) is 17.5 Å². The lowest BCUT2D eigenvalue weighted by Gasteiger charge is -2.11. The van der Waals surface area contributed by atoms with Crippen molar-refractivity contribution in [1.29, 1.82) is 0 Å². The van der Waals surface area contributed by atoms with Gasteiger partial charge in [-0.1, -0.05) is 17.8 Å². The number of furan rings is 1. The van der Waals surface area contributed by atoms with Crippen molar-refractivity contribution in [2.24, 2.45) is 0 Å². The predicted octanol–water partition coefficient (Wildman–Crippen LogP) is 4.57. The molecule has 0 aliphatic rings. The maximum Gasteiger partial charge on any atom is 0.433 e. The molecule has 0 fully saturated rings. The standard InChI is InChI=1S/C21H20F3N3O4S/c1-29-16-6-5-13(10-17(16)30-2)12-25-19(28)7-9-32-20-26-14(15-4-3-8-31-15)11-18(27-20)21(22,23)24/h3-6,8,10-11H,7,9,12H2,1-2H3,(H,25,28). The molecule has 0 radical (unpaired) electrons. The minimum absolute atomic E-state index is 0.0257. The number of alkyl halides is 3. The van der Waals surface area contributed by atoms with Crippen molar-refractivity contribution in [3.8, 4) is 23.0 Å². The minimum Gasteiger partial charge on any atom is -0.493 e. The van der Waals surface area contributed by atoms with Crippen molar-refractivity contribution in [2.75, 3.05) is 20.0 Å². The second-order valence-electron chi connectivity index (χ2n) is 6.46. The molecule has 1 aromatic carbocycles. The molecule has 170 valence electrons. The van der Waals surface area contributed by atoms with Crippen LogP contribution in [0.25, 0.3) is 11.5 Å². The van der Waals surface area contributed by atoms with E-state index >= 15 is 0 Å². The van der Waals surface area contributed by atoms with Crippen LogP contribution < -0.4 is 14.8 Å². The number of methoxy groups -OCH3 is 2. The van der Waals surface area contributed by atoms with Crippen LogP contribution in [0, 0.1) is 0 Å². The van der Waals surface area contributed by atoms with Gasteiger partial charge >= 0.3 is 6.18 Å². The van der Waals surface area contributed by atoms with Crippen LogP contribution in [0.5, 0.6) is 11.5 Å². The molecule has 0 unspecified atom stereocenters. The summed E-state index contributed by atoms with van der Waals surface area (Å²) < 4.78 is 55.1. The van der Waals surface area contributed by atoms with Gasteiger partial charge in [-0.25, -0.2) is 9.97 Å². The third kappa shape index (κ3) is 6.16. The number of benzene rings is 1. The van der Waals surface area contributed by atoms with Gasteiger partial charge in [-0.15, -0.1) is 0 Å². The highest BCUT2D eigenvalue weighted by molar-refractivity contribution is 7.99. The molecule has 1 N–H and O–H groups in total. The smallest absolute Gasteiger partial charge is 0.433 e. The third-order valence-electron chi connectivity index (χ3n) is 4.27. The molecular weight excluding hydrogens is 447 g/mol. The summed E-state index contributed by atoms with van der Waals surface area (Å²) in [4.78, 5) is 19.8. The molecule has 3 aromatic rings. The molecule has 3 rings (SSSR count). The number of nitrogens with one attached hydrogen (secondary N) is 1. The molecule has 7 nitrogen and oxygen atoms in total. The van der Waals surface area contributed by atoms with Gasteiger partial charge in [0.05, 0.1) is 20.5 Å². The molecule has 0 aliphatic carbocycles. The van der Waals surface area contributed by atoms with Crippen molar-refractivity contribution in [3.63, 3.8) is 0 Å². The average Bonchev–Trinajstić information content (AvgIpc) is 3.32. The van der Waals surface area contributed by atoms with Gasteiger partial charge < -0.3 is 19.2 Å². The first-order valence-corrected chi connectivity index (χ1v) is 10.4. The monoisotopic (exact) mass is 467 g/mol. The largest absolute Gasteiger partial charge is 0.493 e. The van der Waals surface area contributed by atoms with Crippen molar-refractivity contribution < 1.29 is 31.9 Å². The van der Waals surface area contributed by atoms with Crippen LogP contribution in [0.4, 0.5) is 13.2 Å². The molecule has 2 heterocycles. The van der Waals surface area contributed by atoms with Crippen molar-refractivity contribution in [3.05, 3.63) is 53.9 Å². The summed E-state index contributed by atoms with van der Waals surface area (Å²) in [6, 6.07) is 9.18. The average molecular weight is 467 g/mol. The fraction of sp³-hybridized carbons (Fsp3) is 0.286. The van der Waals surface area contributed by atoms with E-state index in [4.69, 9.17) is 13.9 Å². The summed E-state index contributed by atoms with van der Waals surface area (Å²) in [5.74, 6) is 1.27. The molecule has 2 aromatic heterocycles. The zero-order chi connectivity index (χ0) is 23.1. The molecule has 0 aliphatic heterocycles. The quantitative estimate of drug-likeness (QED) is 0.364. The molecule has 32 heavy (non-hydrogen) atoms. The number of amides is 1. The Morgan fingerprint density at radius 1 is 1.12 bits per heavy atom. The Kier molecular flexibility index (Phi) is 7.62. The lowest BCUT2D eigenvalue weighted by molar-refractivity contribution is -0.141. The zero-order valence-electron chi connectivity index (χ0n) is 17.2. The molecule has 0 atom stereocenters. The first-order valence-electron chi connectivity index (χ1n) is 9.40. The number of thioether (sulfide) groups is 1. The van der Waals surface area contributed by atoms with Crippen LogP contribution >= 0.6 is 11.8 Å². The van der Waals surface area contributed by atoms with E-state index in [1.165, 1.54) is 26.5 Å². The maximum absolute atomic E-state index is 13.2. The van der Waals surface area contributed by atoms with E-state index in [0.29, 0.717) is 11.5 Å². The number of ether oxygens (including phenoxy) is 2. The van der Waals surface area contributed by atoms with Gasteiger partial charge in [0.25, 0.3) is 0 Å². The van der Waals surface area contributed by atoms with Gasteiger partial charge in [-0.2, -0.15) is 13.2 Å². The van der Waals surface area contributed by atoms with Crippen LogP contribution in [0.2, 0.25) is 0 Å². The molecule has 0 saturated carbocycles. The number of halogens is 3. The fourth-order valence-electron chi connectivity index (χ4n) is 2.70. The van der Waals surface area contributed by atoms with Crippen molar-refractivity contribution >= 4 is 17.7 Å². The number of nitrogens with zero attached hydrogens (tertiary/aromatic N) is 2. The third-order valence-corrected chi connectivity index (χ3v) is 5.12. The Morgan fingerprint density at radius 2 is 1.91 bits per heavy atom. The number of hydrogen-bond donors (Lipinski definition) is 1. The van der Waals surface area contributed by atoms with E-state index in [9.17, 15) is 18.0 Å². The van der Waals surface area contributed by atoms with Crippen molar-refractivity contribution in [2.45, 2.75) is 24.3 Å². The fourth-order valence-corrected chi connectivity index (χ4v) is 3.50. The topological polar surface area (TPSA) is 86.5 Å². The zero-order valence-corrected chi connectivity index (χ0v) is 18.0. The Balaban J connectivity index is 1.58. The maximum atomic E-state index is 13.2. The first kappa shape index (κ1) is 23.5. The van der Waals surface area contributed by atoms with Crippen LogP contribution in [0.1, 0.15) is 17.7 Å². The van der Waals surface area contributed by atoms with Gasteiger partial charge in [0.2, 0.25) is 5.91 Å². The van der Waals surface area contributed by atoms with Gasteiger partial charge in [-0.3, -0.25) is 4.79 Å². The SMILES string of the molecule is COc1ccc(CNC(=O)CCSc2nc(-c3ccco3)cc(C(F)(F)F)n2)cc1OC. The highest BCUT2D eigenvalue weighted by Gasteiger charge is 2.34. The predicted molar refractivity (Wildman–Crippen MR) is 111 cm³/mol. The number of carbonyl (C=O) groups excluding carboxylic acids is 1. The summed E-state index contributed by atoms with van der Waals surface area (Å²) in [6.07, 6.45) is -3.20. The Hall–Kier alpha value is -3.21. The van der Waals surface area contributed by atoms with E-state index in [-0.39, 0.29) is 41.2 Å². The van der Waals surface area contributed by atoms with E-state index < -0.39 is 11.9 Å². The van der Waals surface area contributed by atoms with E-state index in [0.717, 1.165) is 23.4 Å². The normalized spacial score (nSPS) is 11.3. The Labute approximate surface area is 186 Å². The summed E-state index contributed by atoms with van der Waals surface area (Å²) in [5, 5.41) is 2.67. The lowest BCUT2D eigenvalue weighted by Crippen LogP contribution is -2.23. The molecule has 0 saturated heterocycles. The number of aromatic nitrogens is 2. The molecular formula is C21H20F3N3O4S. The van der Waals surface area contributed by atoms with Gasteiger partial charge in [0, 0.05) is 18.7 Å². The second kappa shape index (κ2) is 10.4. The number of carbonyl (C=O) groups is 1. The molecule has 0 spiro atoms. The highest BCUT2D eigenvalue weighted by atomic mass is 32.2. The molecule has 0 bridgehead atoms. The summed E-state index contributed by atoms with van der Waals surface area (Å²) in [5.41, 5.74) is -0.231. The van der Waals surface area contributed by atoms with Crippen LogP contribution in [0.15, 0.2) is 52.2 Å². The summed E-state index contributed by atoms with van der Waals surface area (Å²) in [7, 11) is 3.05. The Bertz CT molecular complexity index is 1060. The van der Waals surface area contributed by atoms with E-state index in [1.54, 1.807) is 24.3 Å². The number of hydrogen-bond acceptors (Lipinski definition) is 7. The summed E-state index contributed by atoms with van der Waals surface area (Å²) >= 11 is 0.962. The highest BCUT2D eigenvalue weighted by Crippen LogP contribution is 2.32. The van der Waals surface area contributed by atoms with Crippen molar-refractivity contribution in [1.82, 2.24) is 15.3 Å². The van der Waals surface area contributed by atoms with Gasteiger partial charge in [0.1, 0.15) is 11.4 Å². The molecule has 1 amide bonds. The van der Waals surface area contributed by atoms with E-state index in [1.807, 2.05) is 0 Å². The Morgan fingerprint density at radius 3 is 2.56 bits per heavy atom.